The molecule has 0 unspecified atom stereocenters. The molecule has 3 rings (SSSR count). The van der Waals surface area contributed by atoms with Gasteiger partial charge in [0.2, 0.25) is 0 Å². The van der Waals surface area contributed by atoms with Crippen LogP contribution in [0.25, 0.3) is 11.3 Å². The molecule has 0 aliphatic rings. The molecule has 6 nitrogen and oxygen atoms in total. The Labute approximate surface area is 163 Å². The van der Waals surface area contributed by atoms with Crippen LogP contribution in [0.2, 0.25) is 0 Å². The molecule has 2 heterocycles. The summed E-state index contributed by atoms with van der Waals surface area (Å²) in [5, 5.41) is 12.4. The first-order valence-corrected chi connectivity index (χ1v) is 9.85. The summed E-state index contributed by atoms with van der Waals surface area (Å²) in [5.41, 5.74) is 3.35. The van der Waals surface area contributed by atoms with Crippen molar-refractivity contribution < 1.29 is 4.79 Å². The highest BCUT2D eigenvalue weighted by Crippen LogP contribution is 2.19. The van der Waals surface area contributed by atoms with Crippen LogP contribution in [0.4, 0.5) is 0 Å². The quantitative estimate of drug-likeness (QED) is 0.501. The number of rotatable bonds is 7. The highest BCUT2D eigenvalue weighted by molar-refractivity contribution is 7.99. The number of thioether (sulfide) groups is 1. The first-order chi connectivity index (χ1) is 13.0. The van der Waals surface area contributed by atoms with Crippen molar-refractivity contribution in [2.24, 2.45) is 7.05 Å². The second-order valence-corrected chi connectivity index (χ2v) is 7.56. The molecule has 2 aromatic heterocycles. The predicted octanol–water partition coefficient (Wildman–Crippen LogP) is 3.52. The van der Waals surface area contributed by atoms with Crippen LogP contribution in [0.1, 0.15) is 35.8 Å². The zero-order valence-corrected chi connectivity index (χ0v) is 16.5. The Bertz CT molecular complexity index is 887. The number of amides is 1. The third kappa shape index (κ3) is 4.95. The molecule has 3 aromatic rings. The van der Waals surface area contributed by atoms with E-state index < -0.39 is 0 Å². The van der Waals surface area contributed by atoms with E-state index in [-0.39, 0.29) is 5.91 Å². The van der Waals surface area contributed by atoms with Crippen LogP contribution < -0.4 is 5.32 Å². The van der Waals surface area contributed by atoms with Crippen molar-refractivity contribution in [3.05, 3.63) is 60.0 Å². The summed E-state index contributed by atoms with van der Waals surface area (Å²) >= 11 is 1.62. The van der Waals surface area contributed by atoms with E-state index in [9.17, 15) is 4.79 Å². The van der Waals surface area contributed by atoms with Crippen molar-refractivity contribution in [2.45, 2.75) is 24.9 Å². The van der Waals surface area contributed by atoms with E-state index in [1.807, 2.05) is 54.2 Å². The van der Waals surface area contributed by atoms with E-state index in [4.69, 9.17) is 0 Å². The Morgan fingerprint density at radius 1 is 1.15 bits per heavy atom. The van der Waals surface area contributed by atoms with Crippen LogP contribution in [0, 0.1) is 0 Å². The van der Waals surface area contributed by atoms with E-state index in [2.05, 4.69) is 34.3 Å². The SMILES string of the molecule is CC(C)c1ccc(-c2ccc(C(=O)NCCSc3nccn3C)cc2)nn1. The maximum atomic E-state index is 12.3. The zero-order chi connectivity index (χ0) is 19.2. The van der Waals surface area contributed by atoms with Crippen LogP contribution in [0.15, 0.2) is 53.9 Å². The Balaban J connectivity index is 1.53. The number of carbonyl (C=O) groups is 1. The minimum Gasteiger partial charge on any atom is -0.351 e. The molecule has 1 N–H and O–H groups in total. The van der Waals surface area contributed by atoms with Gasteiger partial charge in [-0.2, -0.15) is 10.2 Å². The molecule has 0 bridgehead atoms. The van der Waals surface area contributed by atoms with Crippen LogP contribution in [0.5, 0.6) is 0 Å². The molecular formula is C20H23N5OS. The normalized spacial score (nSPS) is 11.0. The molecule has 0 spiro atoms. The lowest BCUT2D eigenvalue weighted by atomic mass is 10.1. The topological polar surface area (TPSA) is 72.7 Å². The Hall–Kier alpha value is -2.67. The summed E-state index contributed by atoms with van der Waals surface area (Å²) in [7, 11) is 1.95. The third-order valence-electron chi connectivity index (χ3n) is 4.12. The summed E-state index contributed by atoms with van der Waals surface area (Å²) in [6, 6.07) is 11.4. The fraction of sp³-hybridized carbons (Fsp3) is 0.300. The number of nitrogens with zero attached hydrogens (tertiary/aromatic N) is 4. The van der Waals surface area contributed by atoms with Gasteiger partial charge in [-0.05, 0) is 30.2 Å². The minimum atomic E-state index is -0.0803. The van der Waals surface area contributed by atoms with Crippen molar-refractivity contribution >= 4 is 17.7 Å². The van der Waals surface area contributed by atoms with E-state index in [0.29, 0.717) is 18.0 Å². The van der Waals surface area contributed by atoms with E-state index in [1.165, 1.54) is 0 Å². The first kappa shape index (κ1) is 19.1. The Kier molecular flexibility index (Phi) is 6.24. The summed E-state index contributed by atoms with van der Waals surface area (Å²) in [5.74, 6) is 1.04. The molecular weight excluding hydrogens is 358 g/mol. The standard InChI is InChI=1S/C20H23N5OS/c1-14(2)17-8-9-18(24-23-17)15-4-6-16(7-5-15)19(26)21-11-13-27-20-22-10-12-25(20)3/h4-10,12,14H,11,13H2,1-3H3,(H,21,26). The van der Waals surface area contributed by atoms with Gasteiger partial charge in [0.25, 0.3) is 5.91 Å². The maximum Gasteiger partial charge on any atom is 0.251 e. The van der Waals surface area contributed by atoms with Gasteiger partial charge in [-0.1, -0.05) is 37.7 Å². The molecule has 0 radical (unpaired) electrons. The number of benzene rings is 1. The van der Waals surface area contributed by atoms with E-state index in [0.717, 1.165) is 27.9 Å². The van der Waals surface area contributed by atoms with Crippen molar-refractivity contribution in [1.29, 1.82) is 0 Å². The van der Waals surface area contributed by atoms with Gasteiger partial charge in [0.15, 0.2) is 5.16 Å². The largest absolute Gasteiger partial charge is 0.351 e. The molecule has 0 saturated heterocycles. The zero-order valence-electron chi connectivity index (χ0n) is 15.7. The average Bonchev–Trinajstić information content (AvgIpc) is 3.10. The van der Waals surface area contributed by atoms with Gasteiger partial charge >= 0.3 is 0 Å². The lowest BCUT2D eigenvalue weighted by Gasteiger charge is -2.07. The van der Waals surface area contributed by atoms with Gasteiger partial charge in [0, 0.05) is 42.9 Å². The second-order valence-electron chi connectivity index (χ2n) is 6.50. The number of aromatic nitrogens is 4. The van der Waals surface area contributed by atoms with Gasteiger partial charge in [-0.3, -0.25) is 4.79 Å². The number of hydrogen-bond acceptors (Lipinski definition) is 5. The van der Waals surface area contributed by atoms with E-state index in [1.54, 1.807) is 18.0 Å². The van der Waals surface area contributed by atoms with E-state index >= 15 is 0 Å². The van der Waals surface area contributed by atoms with Crippen LogP contribution in [-0.4, -0.2) is 38.0 Å². The number of hydrogen-bond donors (Lipinski definition) is 1. The van der Waals surface area contributed by atoms with Crippen LogP contribution in [0.3, 0.4) is 0 Å². The highest BCUT2D eigenvalue weighted by atomic mass is 32.2. The smallest absolute Gasteiger partial charge is 0.251 e. The number of nitrogens with one attached hydrogen (secondary N) is 1. The average molecular weight is 382 g/mol. The monoisotopic (exact) mass is 381 g/mol. The minimum absolute atomic E-state index is 0.0803. The van der Waals surface area contributed by atoms with Crippen molar-refractivity contribution in [3.63, 3.8) is 0 Å². The van der Waals surface area contributed by atoms with Crippen molar-refractivity contribution in [3.8, 4) is 11.3 Å². The number of carbonyl (C=O) groups excluding carboxylic acids is 1. The molecule has 0 aliphatic carbocycles. The number of imidazole rings is 1. The van der Waals surface area contributed by atoms with Crippen LogP contribution >= 0.6 is 11.8 Å². The van der Waals surface area contributed by atoms with Gasteiger partial charge in [0.1, 0.15) is 0 Å². The molecule has 27 heavy (non-hydrogen) atoms. The van der Waals surface area contributed by atoms with Crippen LogP contribution in [-0.2, 0) is 7.05 Å². The summed E-state index contributed by atoms with van der Waals surface area (Å²) in [6.07, 6.45) is 3.67. The van der Waals surface area contributed by atoms with Crippen molar-refractivity contribution in [2.75, 3.05) is 12.3 Å². The molecule has 1 amide bonds. The molecule has 0 atom stereocenters. The lowest BCUT2D eigenvalue weighted by molar-refractivity contribution is 0.0956. The Morgan fingerprint density at radius 2 is 1.93 bits per heavy atom. The second kappa shape index (κ2) is 8.81. The van der Waals surface area contributed by atoms with Gasteiger partial charge < -0.3 is 9.88 Å². The fourth-order valence-electron chi connectivity index (χ4n) is 2.50. The summed E-state index contributed by atoms with van der Waals surface area (Å²) in [6.45, 7) is 4.76. The summed E-state index contributed by atoms with van der Waals surface area (Å²) in [4.78, 5) is 16.5. The van der Waals surface area contributed by atoms with Gasteiger partial charge in [-0.25, -0.2) is 4.98 Å². The molecule has 0 fully saturated rings. The lowest BCUT2D eigenvalue weighted by Crippen LogP contribution is -2.25. The molecule has 140 valence electrons. The molecule has 7 heteroatoms. The summed E-state index contributed by atoms with van der Waals surface area (Å²) < 4.78 is 1.96. The highest BCUT2D eigenvalue weighted by Gasteiger charge is 2.08. The van der Waals surface area contributed by atoms with Gasteiger partial charge in [-0.15, -0.1) is 0 Å². The molecule has 1 aromatic carbocycles. The first-order valence-electron chi connectivity index (χ1n) is 8.87. The van der Waals surface area contributed by atoms with Gasteiger partial charge in [0.05, 0.1) is 11.4 Å². The molecule has 0 aliphatic heterocycles. The Morgan fingerprint density at radius 3 is 2.52 bits per heavy atom. The maximum absolute atomic E-state index is 12.3. The third-order valence-corrected chi connectivity index (χ3v) is 5.18. The van der Waals surface area contributed by atoms with Crippen molar-refractivity contribution in [1.82, 2.24) is 25.1 Å². The predicted molar refractivity (Wildman–Crippen MR) is 108 cm³/mol. The number of aryl methyl sites for hydroxylation is 1. The molecule has 0 saturated carbocycles. The fourth-order valence-corrected chi connectivity index (χ4v) is 3.28.